The van der Waals surface area contributed by atoms with Crippen LogP contribution in [0.1, 0.15) is 26.7 Å². The van der Waals surface area contributed by atoms with Gasteiger partial charge in [-0.2, -0.15) is 0 Å². The molecule has 0 aliphatic carbocycles. The zero-order chi connectivity index (χ0) is 7.28. The van der Waals surface area contributed by atoms with Gasteiger partial charge in [0.2, 0.25) is 0 Å². The minimum absolute atomic E-state index is 0.00458. The largest absolute Gasteiger partial charge is 0.376 e. The summed E-state index contributed by atoms with van der Waals surface area (Å²) in [5, 5.41) is 7.37. The maximum atomic E-state index is 7.37. The molecule has 0 fully saturated rings. The average Bonchev–Trinajstić information content (AvgIpc) is 1.87. The molecule has 0 aliphatic rings. The summed E-state index contributed by atoms with van der Waals surface area (Å²) >= 11 is 0. The van der Waals surface area contributed by atoms with E-state index in [-0.39, 0.29) is 6.10 Å². The van der Waals surface area contributed by atoms with Crippen LogP contribution in [0, 0.1) is 5.41 Å². The summed E-state index contributed by atoms with van der Waals surface area (Å²) in [4.78, 5) is 0. The van der Waals surface area contributed by atoms with E-state index in [4.69, 9.17) is 10.1 Å². The van der Waals surface area contributed by atoms with E-state index in [1.165, 1.54) is 0 Å². The van der Waals surface area contributed by atoms with E-state index < -0.39 is 0 Å². The first-order valence-electron chi connectivity index (χ1n) is 3.32. The Bertz CT molecular complexity index is 90.9. The number of nitrogens with one attached hydrogen (secondary N) is 1. The average molecular weight is 129 g/mol. The van der Waals surface area contributed by atoms with Crippen LogP contribution in [0.25, 0.3) is 0 Å². The van der Waals surface area contributed by atoms with Crippen molar-refractivity contribution in [2.45, 2.75) is 32.8 Å². The van der Waals surface area contributed by atoms with Gasteiger partial charge < -0.3 is 10.1 Å². The molecule has 0 aliphatic heterocycles. The van der Waals surface area contributed by atoms with Crippen LogP contribution in [-0.2, 0) is 4.74 Å². The van der Waals surface area contributed by atoms with E-state index in [1.807, 2.05) is 6.92 Å². The lowest BCUT2D eigenvalue weighted by Crippen LogP contribution is -2.17. The van der Waals surface area contributed by atoms with E-state index in [0.29, 0.717) is 5.71 Å². The van der Waals surface area contributed by atoms with Crippen molar-refractivity contribution in [2.24, 2.45) is 0 Å². The van der Waals surface area contributed by atoms with Crippen molar-refractivity contribution in [1.82, 2.24) is 0 Å². The molecule has 1 atom stereocenters. The van der Waals surface area contributed by atoms with Crippen LogP contribution in [-0.4, -0.2) is 18.9 Å². The third-order valence-corrected chi connectivity index (χ3v) is 1.36. The fourth-order valence-electron chi connectivity index (χ4n) is 0.615. The van der Waals surface area contributed by atoms with Gasteiger partial charge in [-0.3, -0.25) is 0 Å². The summed E-state index contributed by atoms with van der Waals surface area (Å²) < 4.78 is 4.94. The second-order valence-corrected chi connectivity index (χ2v) is 2.15. The van der Waals surface area contributed by atoms with Crippen LogP contribution in [0.5, 0.6) is 0 Å². The molecule has 0 aromatic carbocycles. The second-order valence-electron chi connectivity index (χ2n) is 2.15. The molecule has 0 heterocycles. The highest BCUT2D eigenvalue weighted by atomic mass is 16.5. The molecule has 1 N–H and O–H groups in total. The van der Waals surface area contributed by atoms with Crippen molar-refractivity contribution in [1.29, 1.82) is 5.41 Å². The fourth-order valence-corrected chi connectivity index (χ4v) is 0.615. The molecule has 0 rings (SSSR count). The molecule has 0 aromatic rings. The summed E-state index contributed by atoms with van der Waals surface area (Å²) in [6.45, 7) is 3.97. The Morgan fingerprint density at radius 1 is 1.67 bits per heavy atom. The number of methoxy groups -OCH3 is 1. The summed E-state index contributed by atoms with van der Waals surface area (Å²) in [5.74, 6) is 0. The van der Waals surface area contributed by atoms with E-state index in [9.17, 15) is 0 Å². The molecule has 0 bridgehead atoms. The van der Waals surface area contributed by atoms with E-state index >= 15 is 0 Å². The van der Waals surface area contributed by atoms with Crippen molar-refractivity contribution in [2.75, 3.05) is 7.11 Å². The smallest absolute Gasteiger partial charge is 0.0916 e. The van der Waals surface area contributed by atoms with Gasteiger partial charge in [0.25, 0.3) is 0 Å². The maximum Gasteiger partial charge on any atom is 0.0916 e. The number of hydrogen-bond acceptors (Lipinski definition) is 2. The third-order valence-electron chi connectivity index (χ3n) is 1.36. The first-order valence-corrected chi connectivity index (χ1v) is 3.32. The van der Waals surface area contributed by atoms with Crippen molar-refractivity contribution >= 4 is 5.71 Å². The van der Waals surface area contributed by atoms with Crippen LogP contribution in [0.3, 0.4) is 0 Å². The Morgan fingerprint density at radius 3 is 2.56 bits per heavy atom. The first-order chi connectivity index (χ1) is 4.22. The minimum atomic E-state index is 0.00458. The Morgan fingerprint density at radius 2 is 2.22 bits per heavy atom. The summed E-state index contributed by atoms with van der Waals surface area (Å²) in [7, 11) is 1.63. The molecular formula is C7H15NO. The van der Waals surface area contributed by atoms with Gasteiger partial charge in [-0.05, 0) is 13.3 Å². The second kappa shape index (κ2) is 4.50. The first kappa shape index (κ1) is 8.63. The molecular weight excluding hydrogens is 114 g/mol. The molecule has 2 heteroatoms. The predicted molar refractivity (Wildman–Crippen MR) is 39.1 cm³/mol. The summed E-state index contributed by atoms with van der Waals surface area (Å²) in [5.41, 5.74) is 0.694. The van der Waals surface area contributed by atoms with Crippen molar-refractivity contribution in [3.63, 3.8) is 0 Å². The molecule has 0 amide bonds. The monoisotopic (exact) mass is 129 g/mol. The highest BCUT2D eigenvalue weighted by molar-refractivity contribution is 5.85. The Balaban J connectivity index is 3.46. The molecule has 0 saturated carbocycles. The number of hydrogen-bond donors (Lipinski definition) is 1. The highest BCUT2D eigenvalue weighted by Gasteiger charge is 2.03. The zero-order valence-electron chi connectivity index (χ0n) is 6.40. The van der Waals surface area contributed by atoms with E-state index in [1.54, 1.807) is 7.11 Å². The normalized spacial score (nSPS) is 13.2. The van der Waals surface area contributed by atoms with Gasteiger partial charge in [-0.1, -0.05) is 13.3 Å². The summed E-state index contributed by atoms with van der Waals surface area (Å²) in [6.07, 6.45) is 1.89. The van der Waals surface area contributed by atoms with Gasteiger partial charge in [0.15, 0.2) is 0 Å². The van der Waals surface area contributed by atoms with Crippen LogP contribution < -0.4 is 0 Å². The van der Waals surface area contributed by atoms with Crippen molar-refractivity contribution in [3.8, 4) is 0 Å². The number of rotatable bonds is 4. The van der Waals surface area contributed by atoms with Gasteiger partial charge in [0, 0.05) is 12.8 Å². The lowest BCUT2D eigenvalue weighted by molar-refractivity contribution is 0.168. The van der Waals surface area contributed by atoms with Crippen LogP contribution in [0.4, 0.5) is 0 Å². The van der Waals surface area contributed by atoms with Crippen LogP contribution in [0.15, 0.2) is 0 Å². The lowest BCUT2D eigenvalue weighted by atomic mass is 10.1. The van der Waals surface area contributed by atoms with E-state index in [0.717, 1.165) is 12.8 Å². The van der Waals surface area contributed by atoms with Crippen molar-refractivity contribution in [3.05, 3.63) is 0 Å². The van der Waals surface area contributed by atoms with E-state index in [2.05, 4.69) is 6.92 Å². The molecule has 0 aromatic heterocycles. The quantitative estimate of drug-likeness (QED) is 0.577. The van der Waals surface area contributed by atoms with Crippen LogP contribution in [0.2, 0.25) is 0 Å². The molecule has 0 saturated heterocycles. The van der Waals surface area contributed by atoms with Crippen LogP contribution >= 0.6 is 0 Å². The zero-order valence-corrected chi connectivity index (χ0v) is 6.40. The van der Waals surface area contributed by atoms with Gasteiger partial charge >= 0.3 is 0 Å². The van der Waals surface area contributed by atoms with Gasteiger partial charge in [0.05, 0.1) is 6.10 Å². The molecule has 0 radical (unpaired) electrons. The molecule has 54 valence electrons. The standard InChI is InChI=1S/C7H15NO/c1-4-5-7(8)6(2)9-3/h6,8H,4-5H2,1-3H3. The fraction of sp³-hybridized carbons (Fsp3) is 0.857. The molecule has 1 unspecified atom stereocenters. The lowest BCUT2D eigenvalue weighted by Gasteiger charge is -2.08. The highest BCUT2D eigenvalue weighted by Crippen LogP contribution is 1.97. The Kier molecular flexibility index (Phi) is 4.32. The van der Waals surface area contributed by atoms with Gasteiger partial charge in [0.1, 0.15) is 0 Å². The Labute approximate surface area is 56.7 Å². The number of ether oxygens (including phenoxy) is 1. The van der Waals surface area contributed by atoms with Gasteiger partial charge in [-0.25, -0.2) is 0 Å². The maximum absolute atomic E-state index is 7.37. The topological polar surface area (TPSA) is 33.1 Å². The third kappa shape index (κ3) is 3.25. The molecule has 9 heavy (non-hydrogen) atoms. The predicted octanol–water partition coefficient (Wildman–Crippen LogP) is 1.84. The Hall–Kier alpha value is -0.370. The summed E-state index contributed by atoms with van der Waals surface area (Å²) in [6, 6.07) is 0. The van der Waals surface area contributed by atoms with Gasteiger partial charge in [-0.15, -0.1) is 0 Å². The van der Waals surface area contributed by atoms with Crippen molar-refractivity contribution < 1.29 is 4.74 Å². The molecule has 2 nitrogen and oxygen atoms in total. The minimum Gasteiger partial charge on any atom is -0.376 e. The molecule has 0 spiro atoms. The SMILES string of the molecule is CCCC(=N)C(C)OC.